The van der Waals surface area contributed by atoms with Gasteiger partial charge in [0, 0.05) is 12.8 Å². The Morgan fingerprint density at radius 3 is 0.702 bits per heavy atom. The molecular formula is C43H84O4. The zero-order valence-corrected chi connectivity index (χ0v) is 32.2. The van der Waals surface area contributed by atoms with Crippen LogP contribution in [0.1, 0.15) is 251 Å². The van der Waals surface area contributed by atoms with Gasteiger partial charge in [-0.3, -0.25) is 9.59 Å². The summed E-state index contributed by atoms with van der Waals surface area (Å²) in [6.07, 6.45) is 46.6. The minimum atomic E-state index is -0.0861. The molecule has 0 heterocycles. The van der Waals surface area contributed by atoms with E-state index in [1.54, 1.807) is 0 Å². The van der Waals surface area contributed by atoms with Crippen LogP contribution in [0.15, 0.2) is 0 Å². The average Bonchev–Trinajstić information content (AvgIpc) is 3.07. The quantitative estimate of drug-likeness (QED) is 0.0483. The van der Waals surface area contributed by atoms with Crippen LogP contribution < -0.4 is 0 Å². The van der Waals surface area contributed by atoms with Crippen molar-refractivity contribution < 1.29 is 19.1 Å². The van der Waals surface area contributed by atoms with E-state index in [1.807, 2.05) is 0 Å². The highest BCUT2D eigenvalue weighted by molar-refractivity contribution is 5.69. The molecule has 0 spiro atoms. The Bertz CT molecular complexity index is 567. The maximum atomic E-state index is 12.0. The van der Waals surface area contributed by atoms with E-state index in [0.29, 0.717) is 26.1 Å². The van der Waals surface area contributed by atoms with Crippen LogP contribution in [0.5, 0.6) is 0 Å². The van der Waals surface area contributed by atoms with Crippen molar-refractivity contribution in [3.63, 3.8) is 0 Å². The molecule has 0 saturated carbocycles. The Kier molecular flexibility index (Phi) is 40.2. The van der Waals surface area contributed by atoms with Gasteiger partial charge >= 0.3 is 11.9 Å². The van der Waals surface area contributed by atoms with Gasteiger partial charge in [-0.1, -0.05) is 213 Å². The van der Waals surface area contributed by atoms with Crippen LogP contribution in [0.2, 0.25) is 0 Å². The predicted molar refractivity (Wildman–Crippen MR) is 204 cm³/mol. The molecule has 0 aliphatic carbocycles. The van der Waals surface area contributed by atoms with E-state index in [2.05, 4.69) is 13.8 Å². The van der Waals surface area contributed by atoms with E-state index < -0.39 is 0 Å². The van der Waals surface area contributed by atoms with E-state index in [9.17, 15) is 9.59 Å². The minimum absolute atomic E-state index is 0.0861. The van der Waals surface area contributed by atoms with Gasteiger partial charge in [-0.05, 0) is 25.7 Å². The second-order valence-electron chi connectivity index (χ2n) is 14.6. The maximum Gasteiger partial charge on any atom is 0.305 e. The average molecular weight is 665 g/mol. The standard InChI is InChI=1S/C43H84O4/c1-3-5-7-9-11-13-15-17-19-21-23-25-27-29-31-36-40-46-42(44)38-34-33-35-39-43(45)47-41-37-32-30-28-26-24-22-20-18-16-14-12-10-8-6-4-2/h3-41H2,1-2H3. The van der Waals surface area contributed by atoms with E-state index >= 15 is 0 Å². The van der Waals surface area contributed by atoms with E-state index in [-0.39, 0.29) is 11.9 Å². The van der Waals surface area contributed by atoms with Gasteiger partial charge in [0.1, 0.15) is 0 Å². The first-order valence-corrected chi connectivity index (χ1v) is 21.5. The van der Waals surface area contributed by atoms with Gasteiger partial charge in [0.15, 0.2) is 0 Å². The van der Waals surface area contributed by atoms with Gasteiger partial charge in [-0.2, -0.15) is 0 Å². The fraction of sp³-hybridized carbons (Fsp3) is 0.953. The van der Waals surface area contributed by atoms with Crippen molar-refractivity contribution in [3.8, 4) is 0 Å². The summed E-state index contributed by atoms with van der Waals surface area (Å²) in [5.41, 5.74) is 0. The number of ether oxygens (including phenoxy) is 2. The fourth-order valence-electron chi connectivity index (χ4n) is 6.53. The van der Waals surface area contributed by atoms with Crippen molar-refractivity contribution in [2.24, 2.45) is 0 Å². The molecule has 280 valence electrons. The SMILES string of the molecule is CCCCCCCCCCCCCCCCCCOC(=O)CCCCCC(=O)OCCCCCCCCCCCCCCCCCC. The number of rotatable bonds is 40. The van der Waals surface area contributed by atoms with Crippen LogP contribution in [0.25, 0.3) is 0 Å². The molecule has 0 amide bonds. The summed E-state index contributed by atoms with van der Waals surface area (Å²) in [4.78, 5) is 23.9. The molecule has 0 aliphatic rings. The smallest absolute Gasteiger partial charge is 0.305 e. The number of unbranched alkanes of at least 4 members (excludes halogenated alkanes) is 32. The second-order valence-corrected chi connectivity index (χ2v) is 14.6. The van der Waals surface area contributed by atoms with Crippen LogP contribution in [-0.4, -0.2) is 25.2 Å². The van der Waals surface area contributed by atoms with Crippen molar-refractivity contribution in [2.75, 3.05) is 13.2 Å². The van der Waals surface area contributed by atoms with Gasteiger partial charge < -0.3 is 9.47 Å². The molecule has 0 saturated heterocycles. The molecule has 4 heteroatoms. The molecule has 0 aromatic carbocycles. The van der Waals surface area contributed by atoms with Crippen LogP contribution in [0.4, 0.5) is 0 Å². The Labute approximate surface area is 295 Å². The third-order valence-electron chi connectivity index (χ3n) is 9.78. The fourth-order valence-corrected chi connectivity index (χ4v) is 6.53. The predicted octanol–water partition coefficient (Wildman–Crippen LogP) is 14.5. The summed E-state index contributed by atoms with van der Waals surface area (Å²) in [7, 11) is 0. The van der Waals surface area contributed by atoms with E-state index in [0.717, 1.165) is 44.9 Å². The van der Waals surface area contributed by atoms with E-state index in [4.69, 9.17) is 9.47 Å². The molecule has 0 unspecified atom stereocenters. The van der Waals surface area contributed by atoms with E-state index in [1.165, 1.54) is 180 Å². The van der Waals surface area contributed by atoms with Crippen LogP contribution >= 0.6 is 0 Å². The number of hydrogen-bond donors (Lipinski definition) is 0. The van der Waals surface area contributed by atoms with Crippen molar-refractivity contribution in [1.29, 1.82) is 0 Å². The molecule has 0 aliphatic heterocycles. The maximum absolute atomic E-state index is 12.0. The highest BCUT2D eigenvalue weighted by Crippen LogP contribution is 2.15. The Hall–Kier alpha value is -1.06. The Morgan fingerprint density at radius 1 is 0.277 bits per heavy atom. The normalized spacial score (nSPS) is 11.3. The van der Waals surface area contributed by atoms with Gasteiger partial charge in [0.2, 0.25) is 0 Å². The third-order valence-corrected chi connectivity index (χ3v) is 9.78. The lowest BCUT2D eigenvalue weighted by molar-refractivity contribution is -0.144. The van der Waals surface area contributed by atoms with Crippen molar-refractivity contribution in [3.05, 3.63) is 0 Å². The summed E-state index contributed by atoms with van der Waals surface area (Å²) < 4.78 is 10.8. The number of carbonyl (C=O) groups excluding carboxylic acids is 2. The van der Waals surface area contributed by atoms with Crippen molar-refractivity contribution in [1.82, 2.24) is 0 Å². The Balaban J connectivity index is 3.24. The second kappa shape index (κ2) is 41.1. The Morgan fingerprint density at radius 2 is 0.468 bits per heavy atom. The van der Waals surface area contributed by atoms with Gasteiger partial charge in [0.25, 0.3) is 0 Å². The molecule has 0 atom stereocenters. The molecular weight excluding hydrogens is 580 g/mol. The molecule has 0 bridgehead atoms. The van der Waals surface area contributed by atoms with Crippen LogP contribution in [-0.2, 0) is 19.1 Å². The molecule has 4 nitrogen and oxygen atoms in total. The number of esters is 2. The topological polar surface area (TPSA) is 52.6 Å². The van der Waals surface area contributed by atoms with Crippen LogP contribution in [0.3, 0.4) is 0 Å². The lowest BCUT2D eigenvalue weighted by Gasteiger charge is -2.06. The first-order valence-electron chi connectivity index (χ1n) is 21.5. The van der Waals surface area contributed by atoms with Crippen molar-refractivity contribution in [2.45, 2.75) is 251 Å². The molecule has 0 N–H and O–H groups in total. The minimum Gasteiger partial charge on any atom is -0.466 e. The largest absolute Gasteiger partial charge is 0.466 e. The molecule has 47 heavy (non-hydrogen) atoms. The summed E-state index contributed by atoms with van der Waals surface area (Å²) in [6, 6.07) is 0. The highest BCUT2D eigenvalue weighted by Gasteiger charge is 2.06. The van der Waals surface area contributed by atoms with Gasteiger partial charge in [0.05, 0.1) is 13.2 Å². The summed E-state index contributed by atoms with van der Waals surface area (Å²) in [6.45, 7) is 5.69. The monoisotopic (exact) mass is 665 g/mol. The molecule has 0 fully saturated rings. The summed E-state index contributed by atoms with van der Waals surface area (Å²) >= 11 is 0. The molecule has 0 aromatic rings. The van der Waals surface area contributed by atoms with Crippen molar-refractivity contribution >= 4 is 11.9 Å². The highest BCUT2D eigenvalue weighted by atomic mass is 16.5. The molecule has 0 rings (SSSR count). The third kappa shape index (κ3) is 41.0. The van der Waals surface area contributed by atoms with Gasteiger partial charge in [-0.15, -0.1) is 0 Å². The summed E-state index contributed by atoms with van der Waals surface area (Å²) in [5, 5.41) is 0. The first-order chi connectivity index (χ1) is 23.2. The first kappa shape index (κ1) is 45.9. The number of hydrogen-bond acceptors (Lipinski definition) is 4. The summed E-state index contributed by atoms with van der Waals surface area (Å²) in [5.74, 6) is -0.172. The zero-order chi connectivity index (χ0) is 34.1. The zero-order valence-electron chi connectivity index (χ0n) is 32.2. The number of carbonyl (C=O) groups is 2. The lowest BCUT2D eigenvalue weighted by atomic mass is 10.0. The lowest BCUT2D eigenvalue weighted by Crippen LogP contribution is -2.07. The van der Waals surface area contributed by atoms with Crippen LogP contribution in [0, 0.1) is 0 Å². The van der Waals surface area contributed by atoms with Gasteiger partial charge in [-0.25, -0.2) is 0 Å². The molecule has 0 aromatic heterocycles. The molecule has 0 radical (unpaired) electrons.